The third-order valence-electron chi connectivity index (χ3n) is 3.19. The second kappa shape index (κ2) is 7.69. The Kier molecular flexibility index (Phi) is 5.63. The van der Waals surface area contributed by atoms with Gasteiger partial charge in [-0.15, -0.1) is 11.3 Å². The van der Waals surface area contributed by atoms with Crippen LogP contribution in [0, 0.1) is 0 Å². The van der Waals surface area contributed by atoms with Crippen molar-refractivity contribution in [1.29, 1.82) is 0 Å². The van der Waals surface area contributed by atoms with E-state index in [0.717, 1.165) is 13.0 Å². The molecule has 1 heterocycles. The Bertz CT molecular complexity index is 569. The second-order valence-corrected chi connectivity index (χ2v) is 5.81. The Balaban J connectivity index is 1.70. The summed E-state index contributed by atoms with van der Waals surface area (Å²) in [6, 6.07) is 11.4. The van der Waals surface area contributed by atoms with Crippen LogP contribution in [-0.4, -0.2) is 31.0 Å². The lowest BCUT2D eigenvalue weighted by Crippen LogP contribution is -2.29. The van der Waals surface area contributed by atoms with Gasteiger partial charge in [-0.3, -0.25) is 4.79 Å². The Hall–Kier alpha value is -2.01. The van der Waals surface area contributed by atoms with Crippen LogP contribution >= 0.6 is 11.3 Å². The van der Waals surface area contributed by atoms with E-state index in [1.807, 2.05) is 25.2 Å². The van der Waals surface area contributed by atoms with Crippen LogP contribution in [0.5, 0.6) is 5.75 Å². The molecule has 112 valence electrons. The summed E-state index contributed by atoms with van der Waals surface area (Å²) in [7, 11) is 1.83. The SMILES string of the molecule is CN(CCc1cccs1)C(=O)CCOc1ccccc1N. The number of rotatable bonds is 7. The molecule has 0 aliphatic heterocycles. The summed E-state index contributed by atoms with van der Waals surface area (Å²) >= 11 is 1.72. The first-order valence-corrected chi connectivity index (χ1v) is 7.78. The molecule has 4 nitrogen and oxygen atoms in total. The van der Waals surface area contributed by atoms with Crippen LogP contribution in [0.15, 0.2) is 41.8 Å². The van der Waals surface area contributed by atoms with Crippen molar-refractivity contribution in [3.8, 4) is 5.75 Å². The molecule has 0 atom stereocenters. The molecule has 0 unspecified atom stereocenters. The van der Waals surface area contributed by atoms with E-state index >= 15 is 0 Å². The average Bonchev–Trinajstić information content (AvgIpc) is 3.00. The standard InChI is InChI=1S/C16H20N2O2S/c1-18(10-8-13-5-4-12-21-13)16(19)9-11-20-15-7-3-2-6-14(15)17/h2-7,12H,8-11,17H2,1H3. The van der Waals surface area contributed by atoms with Gasteiger partial charge in [0.1, 0.15) is 5.75 Å². The normalized spacial score (nSPS) is 10.3. The van der Waals surface area contributed by atoms with Gasteiger partial charge in [-0.25, -0.2) is 0 Å². The molecular weight excluding hydrogens is 284 g/mol. The third kappa shape index (κ3) is 4.79. The van der Waals surface area contributed by atoms with Crippen molar-refractivity contribution in [2.45, 2.75) is 12.8 Å². The highest BCUT2D eigenvalue weighted by Crippen LogP contribution is 2.19. The largest absolute Gasteiger partial charge is 0.491 e. The molecule has 2 aromatic rings. The van der Waals surface area contributed by atoms with Crippen LogP contribution in [0.4, 0.5) is 5.69 Å². The summed E-state index contributed by atoms with van der Waals surface area (Å²) in [5, 5.41) is 2.05. The van der Waals surface area contributed by atoms with Gasteiger partial charge in [-0.05, 0) is 30.0 Å². The monoisotopic (exact) mass is 304 g/mol. The van der Waals surface area contributed by atoms with Crippen LogP contribution in [0.25, 0.3) is 0 Å². The minimum Gasteiger partial charge on any atom is -0.491 e. The zero-order valence-electron chi connectivity index (χ0n) is 12.1. The quantitative estimate of drug-likeness (QED) is 0.800. The number of hydrogen-bond acceptors (Lipinski definition) is 4. The molecule has 0 bridgehead atoms. The lowest BCUT2D eigenvalue weighted by atomic mass is 10.3. The molecule has 0 saturated heterocycles. The average molecular weight is 304 g/mol. The van der Waals surface area contributed by atoms with Gasteiger partial charge in [0, 0.05) is 18.5 Å². The molecule has 0 aliphatic rings. The number of likely N-dealkylation sites (N-methyl/N-ethyl adjacent to an activating group) is 1. The van der Waals surface area contributed by atoms with E-state index in [0.29, 0.717) is 24.5 Å². The van der Waals surface area contributed by atoms with Gasteiger partial charge in [0.15, 0.2) is 0 Å². The molecule has 0 spiro atoms. The summed E-state index contributed by atoms with van der Waals surface area (Å²) in [5.41, 5.74) is 6.37. The predicted molar refractivity (Wildman–Crippen MR) is 86.6 cm³/mol. The summed E-state index contributed by atoms with van der Waals surface area (Å²) in [4.78, 5) is 15.0. The predicted octanol–water partition coefficient (Wildman–Crippen LogP) is 2.80. The van der Waals surface area contributed by atoms with Gasteiger partial charge < -0.3 is 15.4 Å². The summed E-state index contributed by atoms with van der Waals surface area (Å²) < 4.78 is 5.54. The number of amides is 1. The summed E-state index contributed by atoms with van der Waals surface area (Å²) in [5.74, 6) is 0.715. The number of nitrogens with two attached hydrogens (primary N) is 1. The van der Waals surface area contributed by atoms with Crippen molar-refractivity contribution in [1.82, 2.24) is 4.90 Å². The number of hydrogen-bond donors (Lipinski definition) is 1. The summed E-state index contributed by atoms with van der Waals surface area (Å²) in [6.45, 7) is 1.07. The van der Waals surface area contributed by atoms with Crippen molar-refractivity contribution in [2.24, 2.45) is 0 Å². The molecule has 2 rings (SSSR count). The van der Waals surface area contributed by atoms with Crippen molar-refractivity contribution < 1.29 is 9.53 Å². The van der Waals surface area contributed by atoms with Crippen molar-refractivity contribution in [2.75, 3.05) is 25.9 Å². The highest BCUT2D eigenvalue weighted by molar-refractivity contribution is 7.09. The molecule has 1 aromatic heterocycles. The molecule has 21 heavy (non-hydrogen) atoms. The zero-order valence-corrected chi connectivity index (χ0v) is 12.9. The van der Waals surface area contributed by atoms with E-state index in [2.05, 4.69) is 11.4 Å². The molecular formula is C16H20N2O2S. The van der Waals surface area contributed by atoms with Gasteiger partial charge in [-0.1, -0.05) is 18.2 Å². The van der Waals surface area contributed by atoms with Gasteiger partial charge >= 0.3 is 0 Å². The smallest absolute Gasteiger partial charge is 0.225 e. The number of benzene rings is 1. The van der Waals surface area contributed by atoms with E-state index in [9.17, 15) is 4.79 Å². The van der Waals surface area contributed by atoms with Gasteiger partial charge in [0.2, 0.25) is 5.91 Å². The minimum atomic E-state index is 0.0843. The molecule has 1 amide bonds. The number of anilines is 1. The van der Waals surface area contributed by atoms with Gasteiger partial charge in [0.05, 0.1) is 18.7 Å². The van der Waals surface area contributed by atoms with Crippen LogP contribution in [0.3, 0.4) is 0 Å². The van der Waals surface area contributed by atoms with Crippen LogP contribution in [-0.2, 0) is 11.2 Å². The van der Waals surface area contributed by atoms with Crippen LogP contribution < -0.4 is 10.5 Å². The number of nitrogens with zero attached hydrogens (tertiary/aromatic N) is 1. The maximum Gasteiger partial charge on any atom is 0.225 e. The topological polar surface area (TPSA) is 55.6 Å². The highest BCUT2D eigenvalue weighted by Gasteiger charge is 2.09. The molecule has 0 radical (unpaired) electrons. The maximum atomic E-state index is 12.0. The molecule has 0 aliphatic carbocycles. The Labute approximate surface area is 129 Å². The molecule has 2 N–H and O–H groups in total. The lowest BCUT2D eigenvalue weighted by molar-refractivity contribution is -0.130. The molecule has 0 saturated carbocycles. The highest BCUT2D eigenvalue weighted by atomic mass is 32.1. The number of carbonyl (C=O) groups excluding carboxylic acids is 1. The minimum absolute atomic E-state index is 0.0843. The van der Waals surface area contributed by atoms with E-state index in [4.69, 9.17) is 10.5 Å². The Morgan fingerprint density at radius 1 is 1.29 bits per heavy atom. The maximum absolute atomic E-state index is 12.0. The fourth-order valence-corrected chi connectivity index (χ4v) is 2.61. The summed E-state index contributed by atoms with van der Waals surface area (Å²) in [6.07, 6.45) is 1.25. The van der Waals surface area contributed by atoms with Gasteiger partial charge in [-0.2, -0.15) is 0 Å². The van der Waals surface area contributed by atoms with Crippen molar-refractivity contribution >= 4 is 22.9 Å². The first-order chi connectivity index (χ1) is 10.2. The third-order valence-corrected chi connectivity index (χ3v) is 4.13. The molecule has 1 aromatic carbocycles. The number of nitrogen functional groups attached to an aromatic ring is 1. The van der Waals surface area contributed by atoms with Gasteiger partial charge in [0.25, 0.3) is 0 Å². The van der Waals surface area contributed by atoms with Crippen molar-refractivity contribution in [3.63, 3.8) is 0 Å². The van der Waals surface area contributed by atoms with Crippen LogP contribution in [0.1, 0.15) is 11.3 Å². The van der Waals surface area contributed by atoms with E-state index in [-0.39, 0.29) is 5.91 Å². The fraction of sp³-hybridized carbons (Fsp3) is 0.312. The second-order valence-electron chi connectivity index (χ2n) is 4.78. The van der Waals surface area contributed by atoms with E-state index < -0.39 is 0 Å². The molecule has 0 fully saturated rings. The zero-order chi connectivity index (χ0) is 15.1. The van der Waals surface area contributed by atoms with Crippen LogP contribution in [0.2, 0.25) is 0 Å². The first kappa shape index (κ1) is 15.4. The number of carbonyl (C=O) groups is 1. The first-order valence-electron chi connectivity index (χ1n) is 6.90. The Morgan fingerprint density at radius 2 is 2.10 bits per heavy atom. The molecule has 5 heteroatoms. The van der Waals surface area contributed by atoms with Crippen molar-refractivity contribution in [3.05, 3.63) is 46.7 Å². The Morgan fingerprint density at radius 3 is 2.81 bits per heavy atom. The number of ether oxygens (including phenoxy) is 1. The van der Waals surface area contributed by atoms with E-state index in [1.165, 1.54) is 4.88 Å². The number of para-hydroxylation sites is 2. The lowest BCUT2D eigenvalue weighted by Gasteiger charge is -2.17. The fourth-order valence-electron chi connectivity index (χ4n) is 1.91. The van der Waals surface area contributed by atoms with E-state index in [1.54, 1.807) is 28.4 Å². The number of thiophene rings is 1.